The Morgan fingerprint density at radius 1 is 0.688 bits per heavy atom. The molecule has 0 amide bonds. The number of rotatable bonds is 9. The van der Waals surface area contributed by atoms with Gasteiger partial charge in [-0.1, -0.05) is 94.5 Å². The molecule has 1 aliphatic carbocycles. The maximum absolute atomic E-state index is 6.01. The van der Waals surface area contributed by atoms with Crippen LogP contribution in [0.3, 0.4) is 0 Å². The Morgan fingerprint density at radius 3 is 1.91 bits per heavy atom. The Bertz CT molecular complexity index is 779. The van der Waals surface area contributed by atoms with Crippen molar-refractivity contribution in [3.05, 3.63) is 59.7 Å². The summed E-state index contributed by atoms with van der Waals surface area (Å²) in [5.74, 6) is 1.74. The highest BCUT2D eigenvalue weighted by Gasteiger charge is 2.23. The Hall–Kier alpha value is -1.64. The van der Waals surface area contributed by atoms with Gasteiger partial charge in [-0.05, 0) is 66.2 Å². The van der Waals surface area contributed by atoms with Gasteiger partial charge < -0.3 is 9.47 Å². The Balaban J connectivity index is 1.28. The molecule has 2 aromatic carbocycles. The largest absolute Gasteiger partial charge is 0.373 e. The third kappa shape index (κ3) is 6.23. The van der Waals surface area contributed by atoms with Crippen LogP contribution in [-0.4, -0.2) is 19.3 Å². The molecule has 0 unspecified atom stereocenters. The summed E-state index contributed by atoms with van der Waals surface area (Å²) in [4.78, 5) is 0. The SMILES string of the molecule is CCCCCC[C@H]1CC[C@H](c2ccc(-c3ccc([C@@H]4CO[C@@H](CC)CO4)cc3)cc2)CC1. The van der Waals surface area contributed by atoms with E-state index in [4.69, 9.17) is 9.47 Å². The molecule has 174 valence electrons. The molecule has 2 aliphatic rings. The van der Waals surface area contributed by atoms with Crippen molar-refractivity contribution in [3.8, 4) is 11.1 Å². The Morgan fingerprint density at radius 2 is 1.34 bits per heavy atom. The van der Waals surface area contributed by atoms with E-state index < -0.39 is 0 Å². The molecule has 2 aromatic rings. The molecule has 2 atom stereocenters. The molecule has 2 nitrogen and oxygen atoms in total. The summed E-state index contributed by atoms with van der Waals surface area (Å²) in [5, 5.41) is 0. The van der Waals surface area contributed by atoms with Crippen molar-refractivity contribution in [2.24, 2.45) is 5.92 Å². The number of hydrogen-bond donors (Lipinski definition) is 0. The molecule has 2 fully saturated rings. The van der Waals surface area contributed by atoms with Crippen molar-refractivity contribution < 1.29 is 9.47 Å². The summed E-state index contributed by atoms with van der Waals surface area (Å²) in [5.41, 5.74) is 5.33. The van der Waals surface area contributed by atoms with E-state index in [1.807, 2.05) is 0 Å². The van der Waals surface area contributed by atoms with E-state index in [1.165, 1.54) is 80.0 Å². The first-order valence-electron chi connectivity index (χ1n) is 13.2. The minimum absolute atomic E-state index is 0.0657. The number of ether oxygens (including phenoxy) is 2. The maximum atomic E-state index is 6.01. The molecule has 0 spiro atoms. The van der Waals surface area contributed by atoms with Gasteiger partial charge in [0.2, 0.25) is 0 Å². The molecule has 4 rings (SSSR count). The van der Waals surface area contributed by atoms with Crippen molar-refractivity contribution in [2.45, 2.75) is 96.2 Å². The third-order valence-corrected chi connectivity index (χ3v) is 7.73. The zero-order valence-electron chi connectivity index (χ0n) is 20.2. The van der Waals surface area contributed by atoms with Crippen LogP contribution >= 0.6 is 0 Å². The van der Waals surface area contributed by atoms with Crippen LogP contribution in [0.5, 0.6) is 0 Å². The lowest BCUT2D eigenvalue weighted by atomic mass is 9.77. The summed E-state index contributed by atoms with van der Waals surface area (Å²) < 4.78 is 11.9. The minimum atomic E-state index is 0.0657. The number of benzene rings is 2. The van der Waals surface area contributed by atoms with Crippen molar-refractivity contribution in [1.29, 1.82) is 0 Å². The second-order valence-electron chi connectivity index (χ2n) is 10.00. The van der Waals surface area contributed by atoms with Gasteiger partial charge in [0.1, 0.15) is 6.10 Å². The van der Waals surface area contributed by atoms with E-state index >= 15 is 0 Å². The summed E-state index contributed by atoms with van der Waals surface area (Å²) in [6.07, 6.45) is 14.0. The average Bonchev–Trinajstić information content (AvgIpc) is 2.87. The van der Waals surface area contributed by atoms with Gasteiger partial charge in [0.15, 0.2) is 0 Å². The van der Waals surface area contributed by atoms with Gasteiger partial charge in [0, 0.05) is 0 Å². The fourth-order valence-electron chi connectivity index (χ4n) is 5.45. The van der Waals surface area contributed by atoms with E-state index in [1.54, 1.807) is 0 Å². The van der Waals surface area contributed by atoms with Crippen LogP contribution < -0.4 is 0 Å². The first-order chi connectivity index (χ1) is 15.8. The van der Waals surface area contributed by atoms with Gasteiger partial charge in [-0.15, -0.1) is 0 Å². The first-order valence-corrected chi connectivity index (χ1v) is 13.2. The molecule has 1 saturated carbocycles. The summed E-state index contributed by atoms with van der Waals surface area (Å²) in [7, 11) is 0. The van der Waals surface area contributed by atoms with E-state index in [0.717, 1.165) is 18.3 Å². The van der Waals surface area contributed by atoms with Crippen LogP contribution in [0.15, 0.2) is 48.5 Å². The molecule has 1 aliphatic heterocycles. The Labute approximate surface area is 195 Å². The number of unbranched alkanes of at least 4 members (excludes halogenated alkanes) is 3. The molecule has 32 heavy (non-hydrogen) atoms. The van der Waals surface area contributed by atoms with E-state index in [9.17, 15) is 0 Å². The molecular weight excluding hydrogens is 392 g/mol. The fraction of sp³-hybridized carbons (Fsp3) is 0.600. The predicted octanol–water partition coefficient (Wildman–Crippen LogP) is 8.46. The zero-order chi connectivity index (χ0) is 22.2. The summed E-state index contributed by atoms with van der Waals surface area (Å²) >= 11 is 0. The topological polar surface area (TPSA) is 18.5 Å². The van der Waals surface area contributed by atoms with Crippen LogP contribution in [0.25, 0.3) is 11.1 Å². The van der Waals surface area contributed by atoms with Gasteiger partial charge in [-0.25, -0.2) is 0 Å². The smallest absolute Gasteiger partial charge is 0.106 e. The van der Waals surface area contributed by atoms with E-state index in [0.29, 0.717) is 13.2 Å². The standard InChI is InChI=1S/C30H42O2/c1-3-5-6-7-8-23-9-11-24(12-10-23)25-13-15-26(16-14-25)27-17-19-28(20-18-27)30-22-31-29(4-2)21-32-30/h13-20,23-24,29-30H,3-12,21-22H2,1-2H3/t23-,24-,29-,30-/m0/s1. The zero-order valence-corrected chi connectivity index (χ0v) is 20.2. The van der Waals surface area contributed by atoms with Gasteiger partial charge in [0.25, 0.3) is 0 Å². The van der Waals surface area contributed by atoms with E-state index in [2.05, 4.69) is 62.4 Å². The fourth-order valence-corrected chi connectivity index (χ4v) is 5.45. The minimum Gasteiger partial charge on any atom is -0.373 e. The normalized spacial score (nSPS) is 26.2. The van der Waals surface area contributed by atoms with Gasteiger partial charge >= 0.3 is 0 Å². The van der Waals surface area contributed by atoms with Crippen molar-refractivity contribution in [3.63, 3.8) is 0 Å². The van der Waals surface area contributed by atoms with Gasteiger partial charge in [0.05, 0.1) is 19.3 Å². The maximum Gasteiger partial charge on any atom is 0.106 e. The lowest BCUT2D eigenvalue weighted by molar-refractivity contribution is -0.135. The Kier molecular flexibility index (Phi) is 8.82. The molecule has 0 aromatic heterocycles. The first kappa shape index (κ1) is 23.5. The quantitative estimate of drug-likeness (QED) is 0.368. The molecule has 0 N–H and O–H groups in total. The average molecular weight is 435 g/mol. The van der Waals surface area contributed by atoms with Crippen LogP contribution in [0.4, 0.5) is 0 Å². The van der Waals surface area contributed by atoms with Gasteiger partial charge in [-0.3, -0.25) is 0 Å². The van der Waals surface area contributed by atoms with E-state index in [-0.39, 0.29) is 12.2 Å². The van der Waals surface area contributed by atoms with Crippen LogP contribution in [-0.2, 0) is 9.47 Å². The lowest BCUT2D eigenvalue weighted by Gasteiger charge is -2.29. The third-order valence-electron chi connectivity index (χ3n) is 7.73. The highest BCUT2D eigenvalue weighted by atomic mass is 16.6. The lowest BCUT2D eigenvalue weighted by Crippen LogP contribution is -2.30. The summed E-state index contributed by atoms with van der Waals surface area (Å²) in [6.45, 7) is 5.81. The van der Waals surface area contributed by atoms with Crippen LogP contribution in [0.1, 0.15) is 101 Å². The second-order valence-corrected chi connectivity index (χ2v) is 10.00. The van der Waals surface area contributed by atoms with Crippen LogP contribution in [0.2, 0.25) is 0 Å². The van der Waals surface area contributed by atoms with Crippen molar-refractivity contribution in [2.75, 3.05) is 13.2 Å². The predicted molar refractivity (Wildman–Crippen MR) is 134 cm³/mol. The molecule has 1 saturated heterocycles. The highest BCUT2D eigenvalue weighted by molar-refractivity contribution is 5.64. The van der Waals surface area contributed by atoms with Crippen LogP contribution in [0, 0.1) is 5.92 Å². The summed E-state index contributed by atoms with van der Waals surface area (Å²) in [6, 6.07) is 18.2. The molecule has 2 heteroatoms. The van der Waals surface area contributed by atoms with Gasteiger partial charge in [-0.2, -0.15) is 0 Å². The highest BCUT2D eigenvalue weighted by Crippen LogP contribution is 2.38. The van der Waals surface area contributed by atoms with Crippen molar-refractivity contribution >= 4 is 0 Å². The number of hydrogen-bond acceptors (Lipinski definition) is 2. The second kappa shape index (κ2) is 12.0. The van der Waals surface area contributed by atoms with Crippen molar-refractivity contribution in [1.82, 2.24) is 0 Å². The molecule has 0 bridgehead atoms. The monoisotopic (exact) mass is 434 g/mol. The molecule has 1 heterocycles. The molecular formula is C30H42O2. The molecule has 0 radical (unpaired) electrons.